The molecule has 1 aromatic carbocycles. The van der Waals surface area contributed by atoms with Crippen LogP contribution in [-0.4, -0.2) is 4.98 Å². The summed E-state index contributed by atoms with van der Waals surface area (Å²) in [6.45, 7) is 2.09. The van der Waals surface area contributed by atoms with Crippen LogP contribution >= 0.6 is 11.8 Å². The van der Waals surface area contributed by atoms with Gasteiger partial charge in [0, 0.05) is 5.75 Å². The summed E-state index contributed by atoms with van der Waals surface area (Å²) in [4.78, 5) is 4.05. The van der Waals surface area contributed by atoms with E-state index in [1.165, 1.54) is 11.1 Å². The summed E-state index contributed by atoms with van der Waals surface area (Å²) in [6, 6.07) is 8.49. The minimum absolute atomic E-state index is 0.727. The van der Waals surface area contributed by atoms with Crippen LogP contribution in [0.2, 0.25) is 0 Å². The number of nitrogens with zero attached hydrogens (tertiary/aromatic N) is 1. The van der Waals surface area contributed by atoms with E-state index in [1.54, 1.807) is 24.2 Å². The number of rotatable bonds is 3. The zero-order chi connectivity index (χ0) is 9.80. The summed E-state index contributed by atoms with van der Waals surface area (Å²) in [5.74, 6) is 0.904. The number of hydrogen-bond donors (Lipinski definition) is 0. The topological polar surface area (TPSA) is 26.0 Å². The molecule has 0 radical (unpaired) electrons. The van der Waals surface area contributed by atoms with E-state index in [9.17, 15) is 0 Å². The average Bonchev–Trinajstić information content (AvgIpc) is 2.70. The maximum Gasteiger partial charge on any atom is 0.255 e. The fourth-order valence-corrected chi connectivity index (χ4v) is 1.85. The molecule has 0 unspecified atom stereocenters. The predicted molar refractivity (Wildman–Crippen MR) is 57.2 cm³/mol. The summed E-state index contributed by atoms with van der Waals surface area (Å²) in [7, 11) is 0. The summed E-state index contributed by atoms with van der Waals surface area (Å²) >= 11 is 1.61. The third-order valence-corrected chi connectivity index (χ3v) is 2.82. The van der Waals surface area contributed by atoms with Crippen molar-refractivity contribution in [1.82, 2.24) is 4.98 Å². The molecule has 1 aromatic heterocycles. The maximum atomic E-state index is 5.13. The van der Waals surface area contributed by atoms with Crippen molar-refractivity contribution < 1.29 is 4.42 Å². The van der Waals surface area contributed by atoms with Gasteiger partial charge in [-0.05, 0) is 12.5 Å². The van der Waals surface area contributed by atoms with E-state index >= 15 is 0 Å². The van der Waals surface area contributed by atoms with Crippen LogP contribution in [0.15, 0.2) is 46.4 Å². The summed E-state index contributed by atoms with van der Waals surface area (Å²) in [6.07, 6.45) is 3.26. The van der Waals surface area contributed by atoms with Gasteiger partial charge in [0.05, 0.1) is 6.20 Å². The van der Waals surface area contributed by atoms with E-state index in [0.29, 0.717) is 0 Å². The highest BCUT2D eigenvalue weighted by molar-refractivity contribution is 7.98. The van der Waals surface area contributed by atoms with Gasteiger partial charge in [0.1, 0.15) is 6.26 Å². The lowest BCUT2D eigenvalue weighted by Gasteiger charge is -1.98. The molecule has 0 spiro atoms. The van der Waals surface area contributed by atoms with E-state index < -0.39 is 0 Å². The minimum Gasteiger partial charge on any atom is -0.440 e. The van der Waals surface area contributed by atoms with Crippen molar-refractivity contribution in [1.29, 1.82) is 0 Å². The molecule has 14 heavy (non-hydrogen) atoms. The van der Waals surface area contributed by atoms with Crippen LogP contribution < -0.4 is 0 Å². The first-order valence-electron chi connectivity index (χ1n) is 4.42. The Hall–Kier alpha value is -1.22. The van der Waals surface area contributed by atoms with Crippen molar-refractivity contribution in [3.8, 4) is 0 Å². The number of oxazole rings is 1. The second kappa shape index (κ2) is 4.33. The Morgan fingerprint density at radius 2 is 2.07 bits per heavy atom. The largest absolute Gasteiger partial charge is 0.440 e. The minimum atomic E-state index is 0.727. The number of aryl methyl sites for hydroxylation is 1. The SMILES string of the molecule is Cc1ccc(CSc2ncco2)cc1. The van der Waals surface area contributed by atoms with E-state index in [-0.39, 0.29) is 0 Å². The van der Waals surface area contributed by atoms with E-state index in [4.69, 9.17) is 4.42 Å². The van der Waals surface area contributed by atoms with Gasteiger partial charge in [0.15, 0.2) is 0 Å². The van der Waals surface area contributed by atoms with Crippen LogP contribution in [0.5, 0.6) is 0 Å². The number of benzene rings is 1. The summed E-state index contributed by atoms with van der Waals surface area (Å²) in [5.41, 5.74) is 2.58. The first kappa shape index (κ1) is 9.34. The van der Waals surface area contributed by atoms with Crippen molar-refractivity contribution in [2.75, 3.05) is 0 Å². The smallest absolute Gasteiger partial charge is 0.255 e. The lowest BCUT2D eigenvalue weighted by Crippen LogP contribution is -1.80. The number of thioether (sulfide) groups is 1. The zero-order valence-electron chi connectivity index (χ0n) is 7.93. The molecule has 0 aliphatic carbocycles. The maximum absolute atomic E-state index is 5.13. The monoisotopic (exact) mass is 205 g/mol. The van der Waals surface area contributed by atoms with Crippen molar-refractivity contribution >= 4 is 11.8 Å². The van der Waals surface area contributed by atoms with Gasteiger partial charge < -0.3 is 4.42 Å². The average molecular weight is 205 g/mol. The fraction of sp³-hybridized carbons (Fsp3) is 0.182. The van der Waals surface area contributed by atoms with Crippen LogP contribution in [0.1, 0.15) is 11.1 Å². The Kier molecular flexibility index (Phi) is 2.89. The van der Waals surface area contributed by atoms with E-state index in [2.05, 4.69) is 36.2 Å². The lowest BCUT2D eigenvalue weighted by molar-refractivity contribution is 0.454. The van der Waals surface area contributed by atoms with Gasteiger partial charge in [-0.15, -0.1) is 0 Å². The molecule has 2 aromatic rings. The Labute approximate surface area is 87.4 Å². The van der Waals surface area contributed by atoms with Crippen LogP contribution in [0.3, 0.4) is 0 Å². The summed E-state index contributed by atoms with van der Waals surface area (Å²) < 4.78 is 5.13. The molecule has 0 bridgehead atoms. The highest BCUT2D eigenvalue weighted by atomic mass is 32.2. The molecule has 0 saturated heterocycles. The molecule has 0 N–H and O–H groups in total. The van der Waals surface area contributed by atoms with Gasteiger partial charge >= 0.3 is 0 Å². The molecule has 0 fully saturated rings. The number of hydrogen-bond acceptors (Lipinski definition) is 3. The predicted octanol–water partition coefficient (Wildman–Crippen LogP) is 3.28. The molecular weight excluding hydrogens is 194 g/mol. The van der Waals surface area contributed by atoms with Gasteiger partial charge in [-0.3, -0.25) is 0 Å². The second-order valence-corrected chi connectivity index (χ2v) is 4.00. The first-order valence-corrected chi connectivity index (χ1v) is 5.41. The summed E-state index contributed by atoms with van der Waals surface area (Å²) in [5, 5.41) is 0.727. The quantitative estimate of drug-likeness (QED) is 0.719. The van der Waals surface area contributed by atoms with E-state index in [1.807, 2.05) is 0 Å². The zero-order valence-corrected chi connectivity index (χ0v) is 8.75. The highest BCUT2D eigenvalue weighted by Crippen LogP contribution is 2.20. The highest BCUT2D eigenvalue weighted by Gasteiger charge is 1.99. The van der Waals surface area contributed by atoms with Gasteiger partial charge in [-0.1, -0.05) is 41.6 Å². The second-order valence-electron chi connectivity index (χ2n) is 3.07. The third-order valence-electron chi connectivity index (χ3n) is 1.89. The van der Waals surface area contributed by atoms with Crippen LogP contribution in [0.25, 0.3) is 0 Å². The molecular formula is C11H11NOS. The van der Waals surface area contributed by atoms with Gasteiger partial charge in [-0.25, -0.2) is 4.98 Å². The molecule has 0 aliphatic rings. The molecule has 3 heteroatoms. The van der Waals surface area contributed by atoms with Gasteiger partial charge in [0.25, 0.3) is 5.22 Å². The van der Waals surface area contributed by atoms with Crippen molar-refractivity contribution in [3.05, 3.63) is 47.9 Å². The molecule has 2 nitrogen and oxygen atoms in total. The van der Waals surface area contributed by atoms with Gasteiger partial charge in [-0.2, -0.15) is 0 Å². The molecule has 0 aliphatic heterocycles. The van der Waals surface area contributed by atoms with Crippen molar-refractivity contribution in [2.24, 2.45) is 0 Å². The number of aromatic nitrogens is 1. The first-order chi connectivity index (χ1) is 6.84. The fourth-order valence-electron chi connectivity index (χ4n) is 1.11. The molecule has 2 rings (SSSR count). The Bertz CT molecular complexity index is 380. The normalized spacial score (nSPS) is 10.4. The molecule has 0 amide bonds. The van der Waals surface area contributed by atoms with Crippen LogP contribution in [-0.2, 0) is 5.75 Å². The Morgan fingerprint density at radius 3 is 2.71 bits per heavy atom. The Balaban J connectivity index is 1.95. The molecule has 72 valence electrons. The molecule has 0 atom stereocenters. The standard InChI is InChI=1S/C11H11NOS/c1-9-2-4-10(5-3-9)8-14-11-12-6-7-13-11/h2-7H,8H2,1H3. The Morgan fingerprint density at radius 1 is 1.29 bits per heavy atom. The lowest BCUT2D eigenvalue weighted by atomic mass is 10.2. The van der Waals surface area contributed by atoms with Crippen molar-refractivity contribution in [3.63, 3.8) is 0 Å². The van der Waals surface area contributed by atoms with Crippen LogP contribution in [0.4, 0.5) is 0 Å². The van der Waals surface area contributed by atoms with E-state index in [0.717, 1.165) is 11.0 Å². The van der Waals surface area contributed by atoms with Gasteiger partial charge in [0.2, 0.25) is 0 Å². The molecule has 1 heterocycles. The van der Waals surface area contributed by atoms with Crippen molar-refractivity contribution in [2.45, 2.75) is 17.9 Å². The third kappa shape index (κ3) is 2.39. The molecule has 0 saturated carbocycles. The van der Waals surface area contributed by atoms with Crippen LogP contribution in [0, 0.1) is 6.92 Å².